The fraction of sp³-hybridized carbons (Fsp3) is 0.105. The Bertz CT molecular complexity index is 890. The molecule has 0 N–H and O–H groups in total. The minimum atomic E-state index is -0.181. The van der Waals surface area contributed by atoms with E-state index in [1.54, 1.807) is 19.2 Å². The number of hydrogen-bond acceptors (Lipinski definition) is 4. The zero-order chi connectivity index (χ0) is 17.6. The van der Waals surface area contributed by atoms with Crippen molar-refractivity contribution in [1.29, 1.82) is 0 Å². The van der Waals surface area contributed by atoms with Crippen molar-refractivity contribution in [2.75, 3.05) is 7.05 Å². The number of rotatable bonds is 5. The highest BCUT2D eigenvalue weighted by Gasteiger charge is 2.13. The van der Waals surface area contributed by atoms with Crippen LogP contribution in [-0.2, 0) is 11.3 Å². The number of carbonyl (C=O) groups is 1. The largest absolute Gasteiger partial charge is 0.337 e. The molecule has 0 spiro atoms. The monoisotopic (exact) mass is 353 g/mol. The van der Waals surface area contributed by atoms with Gasteiger partial charge in [-0.1, -0.05) is 65.3 Å². The summed E-state index contributed by atoms with van der Waals surface area (Å²) in [5.74, 6) is 0.697. The summed E-state index contributed by atoms with van der Waals surface area (Å²) in [6.45, 7) is 0.228. The second-order valence-corrected chi connectivity index (χ2v) is 5.83. The van der Waals surface area contributed by atoms with Gasteiger partial charge >= 0.3 is 0 Å². The van der Waals surface area contributed by atoms with E-state index in [-0.39, 0.29) is 12.5 Å². The van der Waals surface area contributed by atoms with Gasteiger partial charge in [0.25, 0.3) is 0 Å². The summed E-state index contributed by atoms with van der Waals surface area (Å²) >= 11 is 6.07. The van der Waals surface area contributed by atoms with Crippen LogP contribution in [0.5, 0.6) is 0 Å². The zero-order valence-electron chi connectivity index (χ0n) is 13.6. The van der Waals surface area contributed by atoms with Crippen molar-refractivity contribution < 1.29 is 9.32 Å². The molecule has 0 aliphatic rings. The first kappa shape index (κ1) is 16.9. The normalized spacial score (nSPS) is 11.0. The Morgan fingerprint density at radius 2 is 1.88 bits per heavy atom. The van der Waals surface area contributed by atoms with E-state index >= 15 is 0 Å². The first-order valence-electron chi connectivity index (χ1n) is 7.69. The number of benzene rings is 2. The van der Waals surface area contributed by atoms with E-state index < -0.39 is 0 Å². The number of amides is 1. The van der Waals surface area contributed by atoms with E-state index in [2.05, 4.69) is 10.1 Å². The molecule has 0 unspecified atom stereocenters. The molecule has 25 heavy (non-hydrogen) atoms. The Kier molecular flexibility index (Phi) is 5.26. The first-order valence-corrected chi connectivity index (χ1v) is 8.07. The maximum atomic E-state index is 12.2. The molecule has 0 saturated heterocycles. The molecule has 0 saturated carbocycles. The highest BCUT2D eigenvalue weighted by atomic mass is 35.5. The lowest BCUT2D eigenvalue weighted by atomic mass is 10.2. The maximum absolute atomic E-state index is 12.2. The summed E-state index contributed by atoms with van der Waals surface area (Å²) < 4.78 is 5.22. The average Bonchev–Trinajstić information content (AvgIpc) is 3.10. The summed E-state index contributed by atoms with van der Waals surface area (Å²) in [6, 6.07) is 16.8. The minimum Gasteiger partial charge on any atom is -0.337 e. The second-order valence-electron chi connectivity index (χ2n) is 5.43. The standard InChI is InChI=1S/C19H16ClN3O2/c1-23(18(24)12-11-14-7-5-6-10-16(14)20)13-17-21-19(22-25-17)15-8-3-2-4-9-15/h2-12H,13H2,1H3. The number of carbonyl (C=O) groups excluding carboxylic acids is 1. The van der Waals surface area contributed by atoms with Crippen molar-refractivity contribution in [3.05, 3.63) is 77.2 Å². The van der Waals surface area contributed by atoms with Gasteiger partial charge in [-0.25, -0.2) is 0 Å². The van der Waals surface area contributed by atoms with Crippen LogP contribution in [0.1, 0.15) is 11.5 Å². The Labute approximate surface area is 150 Å². The number of hydrogen-bond donors (Lipinski definition) is 0. The molecular formula is C19H16ClN3O2. The van der Waals surface area contributed by atoms with Crippen LogP contribution in [0.15, 0.2) is 65.2 Å². The van der Waals surface area contributed by atoms with Gasteiger partial charge in [0.1, 0.15) is 0 Å². The summed E-state index contributed by atoms with van der Waals surface area (Å²) in [5, 5.41) is 4.54. The van der Waals surface area contributed by atoms with Gasteiger partial charge in [0.2, 0.25) is 17.6 Å². The maximum Gasteiger partial charge on any atom is 0.246 e. The topological polar surface area (TPSA) is 59.2 Å². The second kappa shape index (κ2) is 7.77. The van der Waals surface area contributed by atoms with Gasteiger partial charge < -0.3 is 9.42 Å². The van der Waals surface area contributed by atoms with Crippen molar-refractivity contribution in [1.82, 2.24) is 15.0 Å². The van der Waals surface area contributed by atoms with Gasteiger partial charge in [0.05, 0.1) is 6.54 Å². The van der Waals surface area contributed by atoms with Crippen LogP contribution in [0, 0.1) is 0 Å². The molecule has 3 rings (SSSR count). The predicted molar refractivity (Wildman–Crippen MR) is 96.7 cm³/mol. The van der Waals surface area contributed by atoms with Crippen LogP contribution in [0.25, 0.3) is 17.5 Å². The molecule has 0 atom stereocenters. The molecule has 6 heteroatoms. The van der Waals surface area contributed by atoms with Crippen LogP contribution in [0.2, 0.25) is 5.02 Å². The Morgan fingerprint density at radius 3 is 2.64 bits per heavy atom. The third-order valence-electron chi connectivity index (χ3n) is 3.56. The molecule has 0 aliphatic carbocycles. The minimum absolute atomic E-state index is 0.181. The van der Waals surface area contributed by atoms with Gasteiger partial charge in [-0.15, -0.1) is 0 Å². The number of likely N-dealkylation sites (N-methyl/N-ethyl adjacent to an activating group) is 1. The molecule has 0 bridgehead atoms. The Morgan fingerprint density at radius 1 is 1.16 bits per heavy atom. The first-order chi connectivity index (χ1) is 12.1. The van der Waals surface area contributed by atoms with Crippen LogP contribution in [0.3, 0.4) is 0 Å². The highest BCUT2D eigenvalue weighted by molar-refractivity contribution is 6.32. The molecular weight excluding hydrogens is 338 g/mol. The van der Waals surface area contributed by atoms with Gasteiger partial charge in [-0.05, 0) is 17.7 Å². The molecule has 1 aromatic heterocycles. The lowest BCUT2D eigenvalue weighted by molar-refractivity contribution is -0.125. The van der Waals surface area contributed by atoms with E-state index in [1.807, 2.05) is 48.5 Å². The van der Waals surface area contributed by atoms with Gasteiger partial charge in [-0.3, -0.25) is 4.79 Å². The number of nitrogens with zero attached hydrogens (tertiary/aromatic N) is 3. The van der Waals surface area contributed by atoms with Crippen LogP contribution >= 0.6 is 11.6 Å². The average molecular weight is 354 g/mol. The fourth-order valence-electron chi connectivity index (χ4n) is 2.20. The molecule has 5 nitrogen and oxygen atoms in total. The summed E-state index contributed by atoms with van der Waals surface area (Å²) in [7, 11) is 1.67. The van der Waals surface area contributed by atoms with Gasteiger partial charge in [0.15, 0.2) is 0 Å². The smallest absolute Gasteiger partial charge is 0.246 e. The highest BCUT2D eigenvalue weighted by Crippen LogP contribution is 2.17. The third-order valence-corrected chi connectivity index (χ3v) is 3.90. The molecule has 3 aromatic rings. The SMILES string of the molecule is CN(Cc1nc(-c2ccccc2)no1)C(=O)C=Cc1ccccc1Cl. The quantitative estimate of drug-likeness (QED) is 0.649. The molecule has 1 amide bonds. The van der Waals surface area contributed by atoms with Crippen LogP contribution < -0.4 is 0 Å². The summed E-state index contributed by atoms with van der Waals surface area (Å²) in [6.07, 6.45) is 3.15. The van der Waals surface area contributed by atoms with E-state index in [0.717, 1.165) is 11.1 Å². The molecule has 2 aromatic carbocycles. The Hall–Kier alpha value is -2.92. The van der Waals surface area contributed by atoms with E-state index in [9.17, 15) is 4.79 Å². The third kappa shape index (κ3) is 4.33. The Balaban J connectivity index is 1.64. The van der Waals surface area contributed by atoms with E-state index in [1.165, 1.54) is 11.0 Å². The van der Waals surface area contributed by atoms with Gasteiger partial charge in [0, 0.05) is 23.7 Å². The van der Waals surface area contributed by atoms with Crippen molar-refractivity contribution in [3.63, 3.8) is 0 Å². The van der Waals surface area contributed by atoms with Crippen molar-refractivity contribution >= 4 is 23.6 Å². The summed E-state index contributed by atoms with van der Waals surface area (Å²) in [4.78, 5) is 18.0. The predicted octanol–water partition coefficient (Wildman–Crippen LogP) is 4.06. The lowest BCUT2D eigenvalue weighted by Crippen LogP contribution is -2.24. The number of halogens is 1. The van der Waals surface area contributed by atoms with E-state index in [0.29, 0.717) is 16.7 Å². The van der Waals surface area contributed by atoms with Crippen molar-refractivity contribution in [2.24, 2.45) is 0 Å². The molecule has 0 fully saturated rings. The molecule has 0 radical (unpaired) electrons. The number of aromatic nitrogens is 2. The molecule has 0 aliphatic heterocycles. The lowest BCUT2D eigenvalue weighted by Gasteiger charge is -2.11. The molecule has 1 heterocycles. The molecule has 126 valence electrons. The zero-order valence-corrected chi connectivity index (χ0v) is 14.3. The van der Waals surface area contributed by atoms with Crippen LogP contribution in [-0.4, -0.2) is 28.0 Å². The fourth-order valence-corrected chi connectivity index (χ4v) is 2.40. The van der Waals surface area contributed by atoms with Gasteiger partial charge in [-0.2, -0.15) is 4.98 Å². The van der Waals surface area contributed by atoms with Crippen molar-refractivity contribution in [3.8, 4) is 11.4 Å². The summed E-state index contributed by atoms with van der Waals surface area (Å²) in [5.41, 5.74) is 1.65. The van der Waals surface area contributed by atoms with E-state index in [4.69, 9.17) is 16.1 Å². The van der Waals surface area contributed by atoms with Crippen molar-refractivity contribution in [2.45, 2.75) is 6.54 Å². The van der Waals surface area contributed by atoms with Crippen LogP contribution in [0.4, 0.5) is 0 Å².